The lowest BCUT2D eigenvalue weighted by atomic mass is 10.2. The van der Waals surface area contributed by atoms with Crippen LogP contribution in [0.3, 0.4) is 0 Å². The average molecular weight is 352 g/mol. The fraction of sp³-hybridized carbons (Fsp3) is 0.211. The van der Waals surface area contributed by atoms with Gasteiger partial charge in [-0.15, -0.1) is 0 Å². The summed E-state index contributed by atoms with van der Waals surface area (Å²) in [6.07, 6.45) is 6.70. The Hall–Kier alpha value is -3.35. The molecule has 0 fully saturated rings. The summed E-state index contributed by atoms with van der Waals surface area (Å²) in [5.74, 6) is 2.12. The second-order valence-corrected chi connectivity index (χ2v) is 5.63. The highest BCUT2D eigenvalue weighted by molar-refractivity contribution is 5.93. The number of hydrogen-bond donors (Lipinski definition) is 0. The third kappa shape index (κ3) is 4.18. The number of imidazole rings is 1. The van der Waals surface area contributed by atoms with Crippen molar-refractivity contribution < 1.29 is 14.3 Å². The Bertz CT molecular complexity index is 830. The van der Waals surface area contributed by atoms with Gasteiger partial charge in [0.25, 0.3) is 5.91 Å². The molecular weight excluding hydrogens is 332 g/mol. The van der Waals surface area contributed by atoms with Crippen LogP contribution in [-0.4, -0.2) is 52.7 Å². The molecule has 7 nitrogen and oxygen atoms in total. The lowest BCUT2D eigenvalue weighted by Crippen LogP contribution is -2.31. The van der Waals surface area contributed by atoms with Crippen molar-refractivity contribution in [2.45, 2.75) is 0 Å². The van der Waals surface area contributed by atoms with E-state index in [4.69, 9.17) is 9.47 Å². The summed E-state index contributed by atoms with van der Waals surface area (Å²) in [5.41, 5.74) is 0.529. The van der Waals surface area contributed by atoms with E-state index >= 15 is 0 Å². The summed E-state index contributed by atoms with van der Waals surface area (Å²) in [7, 11) is 3.36. The molecule has 3 aromatic rings. The topological polar surface area (TPSA) is 69.5 Å². The number of methoxy groups -OCH3 is 1. The maximum Gasteiger partial charge on any atom is 0.255 e. The second-order valence-electron chi connectivity index (χ2n) is 5.63. The highest BCUT2D eigenvalue weighted by Gasteiger charge is 2.12. The van der Waals surface area contributed by atoms with Crippen LogP contribution in [-0.2, 0) is 0 Å². The van der Waals surface area contributed by atoms with Gasteiger partial charge in [0.2, 0.25) is 0 Å². The van der Waals surface area contributed by atoms with Gasteiger partial charge in [-0.2, -0.15) is 0 Å². The third-order valence-electron chi connectivity index (χ3n) is 3.87. The van der Waals surface area contributed by atoms with Gasteiger partial charge < -0.3 is 14.4 Å². The Morgan fingerprint density at radius 2 is 1.92 bits per heavy atom. The number of hydrogen-bond acceptors (Lipinski definition) is 5. The first-order valence-electron chi connectivity index (χ1n) is 8.14. The van der Waals surface area contributed by atoms with Crippen LogP contribution in [0, 0.1) is 0 Å². The van der Waals surface area contributed by atoms with Crippen molar-refractivity contribution in [3.63, 3.8) is 0 Å². The van der Waals surface area contributed by atoms with E-state index in [2.05, 4.69) is 9.97 Å². The molecule has 2 aromatic heterocycles. The molecule has 0 N–H and O–H groups in total. The van der Waals surface area contributed by atoms with E-state index < -0.39 is 0 Å². The quantitative estimate of drug-likeness (QED) is 0.653. The van der Waals surface area contributed by atoms with Crippen molar-refractivity contribution in [3.8, 4) is 17.3 Å². The van der Waals surface area contributed by atoms with Gasteiger partial charge in [0, 0.05) is 25.6 Å². The summed E-state index contributed by atoms with van der Waals surface area (Å²) in [6.45, 7) is 0.864. The monoisotopic (exact) mass is 352 g/mol. The van der Waals surface area contributed by atoms with Crippen molar-refractivity contribution in [3.05, 3.63) is 66.9 Å². The second kappa shape index (κ2) is 8.15. The number of aromatic nitrogens is 3. The molecule has 0 saturated heterocycles. The van der Waals surface area contributed by atoms with Gasteiger partial charge in [0.05, 0.1) is 19.2 Å². The minimum atomic E-state index is -0.104. The van der Waals surface area contributed by atoms with Gasteiger partial charge in [-0.1, -0.05) is 0 Å². The van der Waals surface area contributed by atoms with Crippen LogP contribution in [0.15, 0.2) is 61.3 Å². The lowest BCUT2D eigenvalue weighted by molar-refractivity contribution is 0.0773. The molecule has 0 radical (unpaired) electrons. The molecule has 0 spiro atoms. The van der Waals surface area contributed by atoms with Gasteiger partial charge in [-0.05, 0) is 36.4 Å². The molecule has 0 bridgehead atoms. The Kier molecular flexibility index (Phi) is 5.48. The number of likely N-dealkylation sites (N-methyl/N-ethyl adjacent to an activating group) is 1. The minimum Gasteiger partial charge on any atom is -0.497 e. The molecule has 134 valence electrons. The van der Waals surface area contributed by atoms with Gasteiger partial charge >= 0.3 is 0 Å². The molecule has 0 unspecified atom stereocenters. The zero-order valence-electron chi connectivity index (χ0n) is 14.7. The number of nitrogens with zero attached hydrogens (tertiary/aromatic N) is 4. The predicted octanol–water partition coefficient (Wildman–Crippen LogP) is 2.43. The summed E-state index contributed by atoms with van der Waals surface area (Å²) in [6, 6.07) is 10.9. The van der Waals surface area contributed by atoms with Crippen LogP contribution in [0.1, 0.15) is 10.4 Å². The van der Waals surface area contributed by atoms with Crippen molar-refractivity contribution in [1.29, 1.82) is 0 Å². The molecule has 0 aliphatic carbocycles. The summed E-state index contributed by atoms with van der Waals surface area (Å²) in [5, 5.41) is 0. The number of rotatable bonds is 7. The van der Waals surface area contributed by atoms with Crippen LogP contribution in [0.5, 0.6) is 11.5 Å². The molecule has 1 amide bonds. The first-order chi connectivity index (χ1) is 12.7. The molecule has 3 rings (SSSR count). The molecule has 0 aliphatic rings. The van der Waals surface area contributed by atoms with E-state index in [0.29, 0.717) is 24.5 Å². The van der Waals surface area contributed by atoms with E-state index in [0.717, 1.165) is 11.5 Å². The summed E-state index contributed by atoms with van der Waals surface area (Å²) in [4.78, 5) is 22.4. The largest absolute Gasteiger partial charge is 0.497 e. The lowest BCUT2D eigenvalue weighted by Gasteiger charge is -2.17. The molecule has 0 aliphatic heterocycles. The number of amides is 1. The molecule has 7 heteroatoms. The number of pyridine rings is 1. The standard InChI is InChI=1S/C19H20N4O3/c1-22(11-12-26-17-6-4-16(25-2)5-7-17)19(24)15-3-8-18(21-13-15)23-10-9-20-14-23/h3-10,13-14H,11-12H2,1-2H3. The van der Waals surface area contributed by atoms with E-state index in [9.17, 15) is 4.79 Å². The first kappa shape index (κ1) is 17.5. The van der Waals surface area contributed by atoms with Crippen molar-refractivity contribution >= 4 is 5.91 Å². The average Bonchev–Trinajstić information content (AvgIpc) is 3.23. The Balaban J connectivity index is 1.52. The zero-order chi connectivity index (χ0) is 18.4. The van der Waals surface area contributed by atoms with Crippen LogP contribution in [0.25, 0.3) is 5.82 Å². The number of benzene rings is 1. The Morgan fingerprint density at radius 1 is 1.15 bits per heavy atom. The van der Waals surface area contributed by atoms with Gasteiger partial charge in [-0.25, -0.2) is 9.97 Å². The highest BCUT2D eigenvalue weighted by atomic mass is 16.5. The Morgan fingerprint density at radius 3 is 2.54 bits per heavy atom. The van der Waals surface area contributed by atoms with Crippen LogP contribution in [0.4, 0.5) is 0 Å². The van der Waals surface area contributed by atoms with E-state index in [1.807, 2.05) is 24.3 Å². The molecule has 0 atom stereocenters. The Labute approximate surface area is 151 Å². The first-order valence-corrected chi connectivity index (χ1v) is 8.14. The SMILES string of the molecule is COc1ccc(OCCN(C)C(=O)c2ccc(-n3ccnc3)nc2)cc1. The number of ether oxygens (including phenoxy) is 2. The number of carbonyl (C=O) groups excluding carboxylic acids is 1. The summed E-state index contributed by atoms with van der Waals surface area (Å²) >= 11 is 0. The van der Waals surface area contributed by atoms with Crippen LogP contribution >= 0.6 is 0 Å². The highest BCUT2D eigenvalue weighted by Crippen LogP contribution is 2.17. The van der Waals surface area contributed by atoms with Crippen molar-refractivity contribution in [2.75, 3.05) is 27.3 Å². The third-order valence-corrected chi connectivity index (χ3v) is 3.87. The minimum absolute atomic E-state index is 0.104. The number of carbonyl (C=O) groups is 1. The molecular formula is C19H20N4O3. The zero-order valence-corrected chi connectivity index (χ0v) is 14.7. The molecule has 26 heavy (non-hydrogen) atoms. The van der Waals surface area contributed by atoms with E-state index in [1.54, 1.807) is 60.7 Å². The van der Waals surface area contributed by atoms with Crippen LogP contribution in [0.2, 0.25) is 0 Å². The van der Waals surface area contributed by atoms with E-state index in [1.165, 1.54) is 0 Å². The maximum atomic E-state index is 12.5. The van der Waals surface area contributed by atoms with E-state index in [-0.39, 0.29) is 5.91 Å². The molecule has 0 saturated carbocycles. The maximum absolute atomic E-state index is 12.5. The van der Waals surface area contributed by atoms with Gasteiger partial charge in [0.1, 0.15) is 30.3 Å². The molecule has 2 heterocycles. The molecule has 1 aromatic carbocycles. The van der Waals surface area contributed by atoms with Gasteiger partial charge in [-0.3, -0.25) is 9.36 Å². The van der Waals surface area contributed by atoms with Crippen molar-refractivity contribution in [1.82, 2.24) is 19.4 Å². The van der Waals surface area contributed by atoms with Gasteiger partial charge in [0.15, 0.2) is 0 Å². The van der Waals surface area contributed by atoms with Crippen molar-refractivity contribution in [2.24, 2.45) is 0 Å². The normalized spacial score (nSPS) is 10.4. The predicted molar refractivity (Wildman–Crippen MR) is 96.8 cm³/mol. The summed E-state index contributed by atoms with van der Waals surface area (Å²) < 4.78 is 12.5. The van der Waals surface area contributed by atoms with Crippen LogP contribution < -0.4 is 9.47 Å². The fourth-order valence-corrected chi connectivity index (χ4v) is 2.35. The smallest absolute Gasteiger partial charge is 0.255 e. The fourth-order valence-electron chi connectivity index (χ4n) is 2.35.